The quantitative estimate of drug-likeness (QED) is 0.0488. The van der Waals surface area contributed by atoms with Gasteiger partial charge in [-0.15, -0.1) is 0 Å². The van der Waals surface area contributed by atoms with Crippen molar-refractivity contribution in [3.05, 3.63) is 156 Å². The first-order valence-electron chi connectivity index (χ1n) is 23.8. The lowest BCUT2D eigenvalue weighted by atomic mass is 10.0. The monoisotopic (exact) mass is 1050 g/mol. The summed E-state index contributed by atoms with van der Waals surface area (Å²) in [5.41, 5.74) is 1.93. The maximum Gasteiger partial charge on any atom is 0.475 e. The molecule has 2 saturated heterocycles. The highest BCUT2D eigenvalue weighted by Crippen LogP contribution is 2.53. The van der Waals surface area contributed by atoms with Crippen LogP contribution in [0.5, 0.6) is 17.2 Å². The summed E-state index contributed by atoms with van der Waals surface area (Å²) in [6.07, 6.45) is -3.68. The Balaban J connectivity index is 1.24. The van der Waals surface area contributed by atoms with E-state index in [-0.39, 0.29) is 49.5 Å². The number of fused-ring (bicyclic) bond motifs is 1. The lowest BCUT2D eigenvalue weighted by molar-refractivity contribution is -0.0907. The fourth-order valence-electron chi connectivity index (χ4n) is 8.05. The van der Waals surface area contributed by atoms with Gasteiger partial charge in [0.1, 0.15) is 29.5 Å². The van der Waals surface area contributed by atoms with Crippen LogP contribution in [0.2, 0.25) is 0 Å². The molecule has 6 atom stereocenters. The molecule has 0 spiro atoms. The second-order valence-corrected chi connectivity index (χ2v) is 23.4. The van der Waals surface area contributed by atoms with Gasteiger partial charge in [-0.25, -0.2) is 22.3 Å². The molecule has 7 rings (SSSR count). The number of amides is 1. The molecule has 0 radical (unpaired) electrons. The zero-order chi connectivity index (χ0) is 51.1. The number of sulfonamides is 1. The van der Waals surface area contributed by atoms with E-state index in [1.165, 1.54) is 23.5 Å². The Bertz CT molecular complexity index is 2620. The average molecular weight is 1050 g/mol. The van der Waals surface area contributed by atoms with Crippen molar-refractivity contribution in [1.29, 1.82) is 0 Å². The molecule has 1 amide bonds. The number of hydrogen-bond acceptors (Lipinski definition) is 15. The molecule has 1 N–H and O–H groups in total. The van der Waals surface area contributed by atoms with Gasteiger partial charge in [-0.1, -0.05) is 105 Å². The van der Waals surface area contributed by atoms with E-state index >= 15 is 4.57 Å². The number of phosphoric acid groups is 1. The zero-order valence-electron chi connectivity index (χ0n) is 41.1. The molecule has 2 aliphatic heterocycles. The molecule has 20 heteroatoms. The highest BCUT2D eigenvalue weighted by molar-refractivity contribution is 7.89. The Labute approximate surface area is 422 Å². The van der Waals surface area contributed by atoms with Gasteiger partial charge in [0, 0.05) is 13.1 Å². The molecule has 388 valence electrons. The summed E-state index contributed by atoms with van der Waals surface area (Å²) in [7, 11) is -11.3. The average Bonchev–Trinajstić information content (AvgIpc) is 4.00. The smallest absolute Gasteiger partial charge is 0.475 e. The number of ether oxygens (including phenoxy) is 5. The van der Waals surface area contributed by atoms with E-state index in [4.69, 9.17) is 46.3 Å². The third kappa shape index (κ3) is 15.9. The minimum Gasteiger partial charge on any atom is -0.497 e. The molecule has 17 nitrogen and oxygen atoms in total. The molecule has 0 aromatic heterocycles. The number of alkyl carbamates (subject to hydrolysis) is 1. The first kappa shape index (κ1) is 54.7. The van der Waals surface area contributed by atoms with Crippen LogP contribution in [-0.4, -0.2) is 89.2 Å². The molecule has 0 saturated carbocycles. The number of benzene rings is 5. The van der Waals surface area contributed by atoms with Crippen LogP contribution in [0.15, 0.2) is 144 Å². The van der Waals surface area contributed by atoms with Gasteiger partial charge in [0.05, 0.1) is 56.5 Å². The van der Waals surface area contributed by atoms with Crippen LogP contribution < -0.4 is 19.3 Å². The molecule has 1 unspecified atom stereocenters. The summed E-state index contributed by atoms with van der Waals surface area (Å²) >= 11 is 0. The third-order valence-electron chi connectivity index (χ3n) is 11.5. The van der Waals surface area contributed by atoms with Crippen molar-refractivity contribution in [2.24, 2.45) is 11.8 Å². The number of nitrogens with one attached hydrogen (secondary N) is 1. The Morgan fingerprint density at radius 3 is 1.90 bits per heavy atom. The number of phosphoric ester groups is 1. The second-order valence-electron chi connectivity index (χ2n) is 18.0. The maximum absolute atomic E-state index is 15.3. The number of carbonyl (C=O) groups excluding carboxylic acids is 1. The van der Waals surface area contributed by atoms with Gasteiger partial charge in [0.25, 0.3) is 0 Å². The first-order chi connectivity index (χ1) is 34.6. The zero-order valence-corrected chi connectivity index (χ0v) is 43.7. The number of nitrogens with zero attached hydrogens (tertiary/aromatic N) is 1. The highest BCUT2D eigenvalue weighted by Gasteiger charge is 2.45. The van der Waals surface area contributed by atoms with E-state index < -0.39 is 75.1 Å². The summed E-state index contributed by atoms with van der Waals surface area (Å²) < 4.78 is 119. The number of carbonyl (C=O) groups is 1. The third-order valence-corrected chi connectivity index (χ3v) is 16.4. The topological polar surface area (TPSA) is 193 Å². The number of methoxy groups -OCH3 is 1. The lowest BCUT2D eigenvalue weighted by Gasteiger charge is -2.35. The molecule has 5 aromatic carbocycles. The van der Waals surface area contributed by atoms with Gasteiger partial charge >= 0.3 is 21.5 Å². The Morgan fingerprint density at radius 1 is 0.722 bits per heavy atom. The second kappa shape index (κ2) is 25.7. The molecular formula is C52H64N2O15P2S. The van der Waals surface area contributed by atoms with Gasteiger partial charge in [0.15, 0.2) is 6.29 Å². The van der Waals surface area contributed by atoms with Crippen LogP contribution in [0.25, 0.3) is 0 Å². The van der Waals surface area contributed by atoms with Crippen LogP contribution >= 0.6 is 15.4 Å². The molecule has 0 aliphatic carbocycles. The van der Waals surface area contributed by atoms with Crippen molar-refractivity contribution in [1.82, 2.24) is 9.62 Å². The fourth-order valence-corrected chi connectivity index (χ4v) is 12.6. The van der Waals surface area contributed by atoms with Gasteiger partial charge in [0.2, 0.25) is 16.4 Å². The van der Waals surface area contributed by atoms with Gasteiger partial charge < -0.3 is 33.5 Å². The van der Waals surface area contributed by atoms with E-state index in [0.29, 0.717) is 47.0 Å². The molecular weight excluding hydrogens is 987 g/mol. The normalized spacial score (nSPS) is 18.6. The molecule has 5 aromatic rings. The minimum atomic E-state index is -4.68. The van der Waals surface area contributed by atoms with Crippen molar-refractivity contribution < 1.29 is 68.6 Å². The largest absolute Gasteiger partial charge is 0.497 e. The van der Waals surface area contributed by atoms with Crippen LogP contribution in [-0.2, 0) is 71.1 Å². The van der Waals surface area contributed by atoms with Crippen LogP contribution in [0.3, 0.4) is 0 Å². The molecule has 2 aliphatic rings. The number of hydrogen-bond donors (Lipinski definition) is 1. The predicted molar refractivity (Wildman–Crippen MR) is 269 cm³/mol. The van der Waals surface area contributed by atoms with Gasteiger partial charge in [-0.05, 0) is 97.8 Å². The summed E-state index contributed by atoms with van der Waals surface area (Å²) in [5.74, 6) is 0.744. The fraction of sp³-hybridized carbons (Fsp3) is 0.404. The molecule has 2 fully saturated rings. The van der Waals surface area contributed by atoms with E-state index in [2.05, 4.69) is 5.32 Å². The summed E-state index contributed by atoms with van der Waals surface area (Å²) in [6, 6.07) is 38.3. The summed E-state index contributed by atoms with van der Waals surface area (Å²) in [6.45, 7) is 6.95. The van der Waals surface area contributed by atoms with Crippen molar-refractivity contribution in [3.63, 3.8) is 0 Å². The van der Waals surface area contributed by atoms with E-state index in [0.717, 1.165) is 0 Å². The first-order valence-corrected chi connectivity index (χ1v) is 28.5. The Morgan fingerprint density at radius 2 is 1.32 bits per heavy atom. The van der Waals surface area contributed by atoms with Crippen LogP contribution in [0.1, 0.15) is 50.8 Å². The Hall–Kier alpha value is -5.10. The van der Waals surface area contributed by atoms with E-state index in [1.807, 2.05) is 32.0 Å². The van der Waals surface area contributed by atoms with Crippen molar-refractivity contribution in [3.8, 4) is 17.2 Å². The van der Waals surface area contributed by atoms with Gasteiger partial charge in [-0.3, -0.25) is 18.1 Å². The Kier molecular flexibility index (Phi) is 19.5. The maximum atomic E-state index is 15.3. The number of rotatable bonds is 27. The number of para-hydroxylation sites is 1. The predicted octanol–water partition coefficient (Wildman–Crippen LogP) is 10.4. The highest BCUT2D eigenvalue weighted by atomic mass is 32.2. The molecule has 0 bridgehead atoms. The van der Waals surface area contributed by atoms with Crippen molar-refractivity contribution in [2.45, 2.75) is 89.3 Å². The van der Waals surface area contributed by atoms with Crippen molar-refractivity contribution in [2.75, 3.05) is 39.8 Å². The molecule has 2 heterocycles. The van der Waals surface area contributed by atoms with Crippen molar-refractivity contribution >= 4 is 31.5 Å². The van der Waals surface area contributed by atoms with E-state index in [1.54, 1.807) is 123 Å². The standard InChI is InChI=1S/C52H64N2O15P2S/c1-38(2)32-54(72(58,59)46-27-25-43(60-5)26-28-46)33-49(69-71(57,64-34-41-15-9-6-10-16-41)65-35-42-17-11-7-12-18-42)48(53-52(55)66-50-36-62-51-47(50)29-30-61-51)31-40-21-23-44(24-22-40)63-37-70(56,67-39(3)4)68-45-19-13-8-14-20-45/h6-28,38-39,47-51H,29-37H2,1-5H3,(H,53,55)/t47-,48-,49+,50-,51+,70?/m0/s1. The van der Waals surface area contributed by atoms with Crippen LogP contribution in [0, 0.1) is 11.8 Å². The molecule has 72 heavy (non-hydrogen) atoms. The SMILES string of the molecule is COc1ccc(S(=O)(=O)N(CC(C)C)C[C@@H](OP(=O)(OCc2ccccc2)OCc2ccccc2)[C@H](Cc2ccc(OCP(=O)(Oc3ccccc3)OC(C)C)cc2)NC(=O)O[C@H]2CO[C@H]3OCC[C@H]32)cc1. The summed E-state index contributed by atoms with van der Waals surface area (Å²) in [4.78, 5) is 14.2. The summed E-state index contributed by atoms with van der Waals surface area (Å²) in [5, 5.41) is 2.95. The van der Waals surface area contributed by atoms with Gasteiger partial charge in [-0.2, -0.15) is 4.31 Å². The van der Waals surface area contributed by atoms with Crippen LogP contribution in [0.4, 0.5) is 4.79 Å². The van der Waals surface area contributed by atoms with E-state index in [9.17, 15) is 17.8 Å². The minimum absolute atomic E-state index is 0.00167. The lowest BCUT2D eigenvalue weighted by Crippen LogP contribution is -2.52.